The lowest BCUT2D eigenvalue weighted by Crippen LogP contribution is -1.99. The summed E-state index contributed by atoms with van der Waals surface area (Å²) in [7, 11) is 0. The van der Waals surface area contributed by atoms with Crippen LogP contribution in [-0.2, 0) is 0 Å². The predicted octanol–water partition coefficient (Wildman–Crippen LogP) is 6.05. The van der Waals surface area contributed by atoms with Crippen molar-refractivity contribution in [3.05, 3.63) is 89.7 Å². The van der Waals surface area contributed by atoms with E-state index in [0.29, 0.717) is 0 Å². The van der Waals surface area contributed by atoms with Gasteiger partial charge in [0.25, 0.3) is 0 Å². The largest absolute Gasteiger partial charge is 0.309 e. The number of hydrogen-bond acceptors (Lipinski definition) is 0. The second-order valence-electron chi connectivity index (χ2n) is 6.12. The third-order valence-electron chi connectivity index (χ3n) is 4.60. The molecule has 0 bridgehead atoms. The van der Waals surface area contributed by atoms with E-state index in [1.807, 2.05) is 12.1 Å². The zero-order valence-electron chi connectivity index (χ0n) is 13.8. The van der Waals surface area contributed by atoms with E-state index in [-0.39, 0.29) is 5.82 Å². The van der Waals surface area contributed by atoms with Crippen LogP contribution in [0.25, 0.3) is 27.8 Å². The first kappa shape index (κ1) is 14.7. The molecule has 1 heterocycles. The van der Waals surface area contributed by atoms with Gasteiger partial charge >= 0.3 is 0 Å². The zero-order valence-corrected chi connectivity index (χ0v) is 13.8. The summed E-state index contributed by atoms with van der Waals surface area (Å²) in [5.74, 6) is -0.213. The summed E-state index contributed by atoms with van der Waals surface area (Å²) in [6, 6.07) is 23.5. The molecule has 0 fully saturated rings. The fourth-order valence-corrected chi connectivity index (χ4v) is 3.42. The van der Waals surface area contributed by atoms with Crippen molar-refractivity contribution >= 4 is 10.9 Å². The second kappa shape index (κ2) is 5.64. The Bertz CT molecular complexity index is 1030. The molecule has 0 amide bonds. The van der Waals surface area contributed by atoms with Crippen molar-refractivity contribution in [2.24, 2.45) is 0 Å². The topological polar surface area (TPSA) is 4.93 Å². The number of fused-ring (bicyclic) bond motifs is 1. The summed E-state index contributed by atoms with van der Waals surface area (Å²) in [6.07, 6.45) is 0. The van der Waals surface area contributed by atoms with E-state index in [1.165, 1.54) is 34.2 Å². The van der Waals surface area contributed by atoms with Crippen LogP contribution in [0.2, 0.25) is 0 Å². The molecule has 0 atom stereocenters. The first-order chi connectivity index (χ1) is 11.7. The van der Waals surface area contributed by atoms with Crippen LogP contribution in [0.4, 0.5) is 4.39 Å². The Hall–Kier alpha value is -2.87. The minimum Gasteiger partial charge on any atom is -0.309 e. The Morgan fingerprint density at radius 2 is 1.42 bits per heavy atom. The molecule has 0 saturated carbocycles. The SMILES string of the molecule is Cc1ccccc1-n1c(-c2ccc(F)cc2)c(C)c2ccccc21. The minimum absolute atomic E-state index is 0.213. The molecule has 0 saturated heterocycles. The first-order valence-corrected chi connectivity index (χ1v) is 8.09. The number of benzene rings is 3. The normalized spacial score (nSPS) is 11.1. The van der Waals surface area contributed by atoms with Gasteiger partial charge in [0.15, 0.2) is 0 Å². The van der Waals surface area contributed by atoms with Gasteiger partial charge in [-0.15, -0.1) is 0 Å². The molecule has 1 aromatic heterocycles. The smallest absolute Gasteiger partial charge is 0.123 e. The van der Waals surface area contributed by atoms with E-state index in [2.05, 4.69) is 66.9 Å². The van der Waals surface area contributed by atoms with Crippen LogP contribution in [-0.4, -0.2) is 4.57 Å². The van der Waals surface area contributed by atoms with Crippen LogP contribution in [0.3, 0.4) is 0 Å². The number of hydrogen-bond donors (Lipinski definition) is 0. The molecular formula is C22H18FN. The highest BCUT2D eigenvalue weighted by Crippen LogP contribution is 2.36. The Kier molecular flexibility index (Phi) is 3.46. The Labute approximate surface area is 141 Å². The van der Waals surface area contributed by atoms with Crippen LogP contribution < -0.4 is 0 Å². The lowest BCUT2D eigenvalue weighted by Gasteiger charge is -2.14. The molecule has 118 valence electrons. The molecule has 1 nitrogen and oxygen atoms in total. The average molecular weight is 315 g/mol. The van der Waals surface area contributed by atoms with Gasteiger partial charge in [0.2, 0.25) is 0 Å². The molecule has 3 aromatic carbocycles. The highest BCUT2D eigenvalue weighted by atomic mass is 19.1. The van der Waals surface area contributed by atoms with Crippen molar-refractivity contribution in [3.8, 4) is 16.9 Å². The Morgan fingerprint density at radius 1 is 0.750 bits per heavy atom. The molecule has 0 radical (unpaired) electrons. The van der Waals surface area contributed by atoms with Crippen molar-refractivity contribution in [1.29, 1.82) is 0 Å². The molecule has 0 spiro atoms. The molecule has 0 unspecified atom stereocenters. The third kappa shape index (κ3) is 2.23. The predicted molar refractivity (Wildman–Crippen MR) is 98.1 cm³/mol. The van der Waals surface area contributed by atoms with E-state index >= 15 is 0 Å². The van der Waals surface area contributed by atoms with Crippen LogP contribution in [0.5, 0.6) is 0 Å². The number of aryl methyl sites for hydroxylation is 2. The molecule has 4 rings (SSSR count). The fraction of sp³-hybridized carbons (Fsp3) is 0.0909. The minimum atomic E-state index is -0.213. The van der Waals surface area contributed by atoms with Crippen LogP contribution in [0, 0.1) is 19.7 Å². The monoisotopic (exact) mass is 315 g/mol. The molecular weight excluding hydrogens is 297 g/mol. The number of rotatable bonds is 2. The van der Waals surface area contributed by atoms with E-state index in [4.69, 9.17) is 0 Å². The fourth-order valence-electron chi connectivity index (χ4n) is 3.42. The highest BCUT2D eigenvalue weighted by molar-refractivity contribution is 5.93. The summed E-state index contributed by atoms with van der Waals surface area (Å²) in [5.41, 5.74) is 6.88. The van der Waals surface area contributed by atoms with Crippen LogP contribution in [0.1, 0.15) is 11.1 Å². The maximum atomic E-state index is 13.4. The van der Waals surface area contributed by atoms with Crippen LogP contribution >= 0.6 is 0 Å². The first-order valence-electron chi connectivity index (χ1n) is 8.09. The van der Waals surface area contributed by atoms with Crippen molar-refractivity contribution in [2.45, 2.75) is 13.8 Å². The van der Waals surface area contributed by atoms with Crippen molar-refractivity contribution in [2.75, 3.05) is 0 Å². The van der Waals surface area contributed by atoms with Crippen LogP contribution in [0.15, 0.2) is 72.8 Å². The van der Waals surface area contributed by atoms with E-state index in [0.717, 1.165) is 16.9 Å². The van der Waals surface area contributed by atoms with Gasteiger partial charge < -0.3 is 4.57 Å². The Balaban J connectivity index is 2.13. The van der Waals surface area contributed by atoms with Crippen molar-refractivity contribution in [1.82, 2.24) is 4.57 Å². The lowest BCUT2D eigenvalue weighted by molar-refractivity contribution is 0.628. The lowest BCUT2D eigenvalue weighted by atomic mass is 10.1. The van der Waals surface area contributed by atoms with Gasteiger partial charge in [0.05, 0.1) is 11.2 Å². The highest BCUT2D eigenvalue weighted by Gasteiger charge is 2.17. The van der Waals surface area contributed by atoms with Gasteiger partial charge in [-0.2, -0.15) is 0 Å². The molecule has 0 aliphatic rings. The second-order valence-corrected chi connectivity index (χ2v) is 6.12. The number of aromatic nitrogens is 1. The van der Waals surface area contributed by atoms with Gasteiger partial charge in [-0.3, -0.25) is 0 Å². The number of para-hydroxylation sites is 2. The maximum absolute atomic E-state index is 13.4. The molecule has 4 aromatic rings. The Morgan fingerprint density at radius 3 is 2.17 bits per heavy atom. The standard InChI is InChI=1S/C22H18FN/c1-15-7-3-5-9-20(15)24-21-10-6-4-8-19(21)16(2)22(24)17-11-13-18(23)14-12-17/h3-14H,1-2H3. The van der Waals surface area contributed by atoms with E-state index < -0.39 is 0 Å². The molecule has 0 N–H and O–H groups in total. The summed E-state index contributed by atoms with van der Waals surface area (Å²) < 4.78 is 15.7. The van der Waals surface area contributed by atoms with Gasteiger partial charge in [-0.05, 0) is 66.9 Å². The molecule has 0 aliphatic carbocycles. The molecule has 0 aliphatic heterocycles. The average Bonchev–Trinajstić information content (AvgIpc) is 2.89. The van der Waals surface area contributed by atoms with Crippen molar-refractivity contribution < 1.29 is 4.39 Å². The quantitative estimate of drug-likeness (QED) is 0.424. The molecule has 24 heavy (non-hydrogen) atoms. The van der Waals surface area contributed by atoms with Gasteiger partial charge in [-0.1, -0.05) is 36.4 Å². The maximum Gasteiger partial charge on any atom is 0.123 e. The third-order valence-corrected chi connectivity index (χ3v) is 4.60. The van der Waals surface area contributed by atoms with Gasteiger partial charge in [-0.25, -0.2) is 4.39 Å². The summed E-state index contributed by atoms with van der Waals surface area (Å²) >= 11 is 0. The van der Waals surface area contributed by atoms with Crippen molar-refractivity contribution in [3.63, 3.8) is 0 Å². The van der Waals surface area contributed by atoms with Gasteiger partial charge in [0, 0.05) is 11.1 Å². The number of halogens is 1. The number of nitrogens with zero attached hydrogens (tertiary/aromatic N) is 1. The molecule has 2 heteroatoms. The van der Waals surface area contributed by atoms with E-state index in [9.17, 15) is 4.39 Å². The zero-order chi connectivity index (χ0) is 16.7. The summed E-state index contributed by atoms with van der Waals surface area (Å²) in [6.45, 7) is 4.25. The van der Waals surface area contributed by atoms with E-state index in [1.54, 1.807) is 0 Å². The van der Waals surface area contributed by atoms with Gasteiger partial charge in [0.1, 0.15) is 5.82 Å². The summed E-state index contributed by atoms with van der Waals surface area (Å²) in [5, 5.41) is 1.22. The summed E-state index contributed by atoms with van der Waals surface area (Å²) in [4.78, 5) is 0.